The van der Waals surface area contributed by atoms with Gasteiger partial charge in [-0.3, -0.25) is 10.4 Å². The summed E-state index contributed by atoms with van der Waals surface area (Å²) in [5, 5.41) is 15.9. The molecule has 2 N–H and O–H groups in total. The molecule has 0 aromatic carbocycles. The van der Waals surface area contributed by atoms with Crippen LogP contribution in [0.4, 0.5) is 0 Å². The average Bonchev–Trinajstić information content (AvgIpc) is 2.00. The molecule has 15 heavy (non-hydrogen) atoms. The van der Waals surface area contributed by atoms with E-state index in [9.17, 15) is 4.79 Å². The molecule has 0 aliphatic heterocycles. The molecule has 0 radical (unpaired) electrons. The maximum Gasteiger partial charge on any atom is 0.349 e. The summed E-state index contributed by atoms with van der Waals surface area (Å²) < 4.78 is 0. The zero-order valence-electron chi connectivity index (χ0n) is 9.92. The van der Waals surface area contributed by atoms with Crippen molar-refractivity contribution in [1.82, 2.24) is 0 Å². The molecule has 0 unspecified atom stereocenters. The second-order valence-corrected chi connectivity index (χ2v) is 4.56. The first-order valence-corrected chi connectivity index (χ1v) is 5.14. The van der Waals surface area contributed by atoms with E-state index in [-0.39, 0.29) is 17.7 Å². The van der Waals surface area contributed by atoms with Gasteiger partial charge in [0.25, 0.3) is 0 Å². The smallest absolute Gasteiger partial charge is 0.349 e. The molecule has 0 fully saturated rings. The summed E-state index contributed by atoms with van der Waals surface area (Å²) in [6.45, 7) is 7.91. The van der Waals surface area contributed by atoms with Gasteiger partial charge in [-0.15, -0.1) is 0 Å². The fourth-order valence-electron chi connectivity index (χ4n) is 1.23. The van der Waals surface area contributed by atoms with E-state index in [1.54, 1.807) is 0 Å². The van der Waals surface area contributed by atoms with Crippen molar-refractivity contribution >= 4 is 17.4 Å². The lowest BCUT2D eigenvalue weighted by molar-refractivity contribution is -0.129. The maximum atomic E-state index is 10.5. The standard InChI is InChI=1S/C11H20N2O2/c1-5-6-8(13-11(2,3)4)7-9(12)10(14)15/h12H,5-7H2,1-4H3,(H,14,15). The molecule has 0 aromatic heterocycles. The van der Waals surface area contributed by atoms with E-state index >= 15 is 0 Å². The Kier molecular flexibility index (Phi) is 5.19. The Bertz CT molecular complexity index is 275. The third-order valence-corrected chi connectivity index (χ3v) is 1.67. The summed E-state index contributed by atoms with van der Waals surface area (Å²) in [4.78, 5) is 15.0. The molecule has 0 aliphatic carbocycles. The number of aliphatic carboxylic acids is 1. The molecule has 4 nitrogen and oxygen atoms in total. The molecule has 0 spiro atoms. The third kappa shape index (κ3) is 6.82. The van der Waals surface area contributed by atoms with Gasteiger partial charge >= 0.3 is 5.97 Å². The van der Waals surface area contributed by atoms with Gasteiger partial charge in [0.1, 0.15) is 5.71 Å². The van der Waals surface area contributed by atoms with Gasteiger partial charge in [-0.1, -0.05) is 13.3 Å². The minimum Gasteiger partial charge on any atom is -0.477 e. The quantitative estimate of drug-likeness (QED) is 0.687. The highest BCUT2D eigenvalue weighted by molar-refractivity contribution is 6.38. The first kappa shape index (κ1) is 13.8. The summed E-state index contributed by atoms with van der Waals surface area (Å²) in [7, 11) is 0. The zero-order valence-corrected chi connectivity index (χ0v) is 9.92. The van der Waals surface area contributed by atoms with Crippen LogP contribution in [0.15, 0.2) is 4.99 Å². The number of nitrogens with one attached hydrogen (secondary N) is 1. The van der Waals surface area contributed by atoms with Crippen molar-refractivity contribution in [3.63, 3.8) is 0 Å². The van der Waals surface area contributed by atoms with Gasteiger partial charge < -0.3 is 5.11 Å². The van der Waals surface area contributed by atoms with E-state index in [1.165, 1.54) is 0 Å². The Balaban J connectivity index is 4.62. The number of carboxylic acid groups (broad SMARTS) is 1. The highest BCUT2D eigenvalue weighted by Gasteiger charge is 2.14. The predicted octanol–water partition coefficient (Wildman–Crippen LogP) is 2.52. The van der Waals surface area contributed by atoms with Crippen LogP contribution >= 0.6 is 0 Å². The second kappa shape index (κ2) is 5.63. The fraction of sp³-hybridized carbons (Fsp3) is 0.727. The van der Waals surface area contributed by atoms with Crippen LogP contribution in [-0.2, 0) is 4.79 Å². The Morgan fingerprint density at radius 2 is 1.93 bits per heavy atom. The van der Waals surface area contributed by atoms with E-state index in [0.717, 1.165) is 18.6 Å². The normalized spacial score (nSPS) is 12.7. The third-order valence-electron chi connectivity index (χ3n) is 1.67. The Morgan fingerprint density at radius 3 is 2.27 bits per heavy atom. The van der Waals surface area contributed by atoms with Crippen LogP contribution in [0.3, 0.4) is 0 Å². The second-order valence-electron chi connectivity index (χ2n) is 4.56. The molecule has 0 aromatic rings. The summed E-state index contributed by atoms with van der Waals surface area (Å²) in [5.74, 6) is -1.16. The Labute approximate surface area is 90.9 Å². The SMILES string of the molecule is CCCC(CC(=N)C(=O)O)=NC(C)(C)C. The minimum absolute atomic E-state index is 0.153. The molecule has 0 rings (SSSR count). The summed E-state index contributed by atoms with van der Waals surface area (Å²) in [6, 6.07) is 0. The van der Waals surface area contributed by atoms with Crippen molar-refractivity contribution in [3.8, 4) is 0 Å². The highest BCUT2D eigenvalue weighted by atomic mass is 16.4. The van der Waals surface area contributed by atoms with E-state index in [0.29, 0.717) is 0 Å². The van der Waals surface area contributed by atoms with Crippen LogP contribution in [0.25, 0.3) is 0 Å². The van der Waals surface area contributed by atoms with Gasteiger partial charge in [0, 0.05) is 12.1 Å². The van der Waals surface area contributed by atoms with E-state index < -0.39 is 5.97 Å². The molecule has 0 atom stereocenters. The summed E-state index contributed by atoms with van der Waals surface area (Å²) >= 11 is 0. The topological polar surface area (TPSA) is 73.5 Å². The van der Waals surface area contributed by atoms with Gasteiger partial charge in [-0.2, -0.15) is 0 Å². The number of carboxylic acids is 1. The van der Waals surface area contributed by atoms with Gasteiger partial charge in [0.05, 0.1) is 5.54 Å². The van der Waals surface area contributed by atoms with Crippen LogP contribution < -0.4 is 0 Å². The van der Waals surface area contributed by atoms with Gasteiger partial charge in [-0.05, 0) is 27.2 Å². The number of aliphatic imine (C=N–C) groups is 1. The van der Waals surface area contributed by atoms with Crippen LogP contribution in [-0.4, -0.2) is 28.0 Å². The first-order chi connectivity index (χ1) is 6.76. The zero-order chi connectivity index (χ0) is 12.1. The van der Waals surface area contributed by atoms with Crippen molar-refractivity contribution < 1.29 is 9.90 Å². The lowest BCUT2D eigenvalue weighted by atomic mass is 10.1. The molecular formula is C11H20N2O2. The molecule has 0 saturated carbocycles. The molecule has 0 bridgehead atoms. The Hall–Kier alpha value is -1.19. The molecule has 0 saturated heterocycles. The van der Waals surface area contributed by atoms with Crippen molar-refractivity contribution in [1.29, 1.82) is 5.41 Å². The molecule has 4 heteroatoms. The highest BCUT2D eigenvalue weighted by Crippen LogP contribution is 2.11. The Morgan fingerprint density at radius 1 is 1.40 bits per heavy atom. The molecule has 0 heterocycles. The fourth-order valence-corrected chi connectivity index (χ4v) is 1.23. The van der Waals surface area contributed by atoms with Gasteiger partial charge in [-0.25, -0.2) is 4.79 Å². The number of carbonyl (C=O) groups is 1. The van der Waals surface area contributed by atoms with Crippen LogP contribution in [0.2, 0.25) is 0 Å². The monoisotopic (exact) mass is 212 g/mol. The van der Waals surface area contributed by atoms with Crippen LogP contribution in [0.5, 0.6) is 0 Å². The van der Waals surface area contributed by atoms with Crippen LogP contribution in [0, 0.1) is 5.41 Å². The lowest BCUT2D eigenvalue weighted by Gasteiger charge is -2.15. The number of hydrogen-bond acceptors (Lipinski definition) is 3. The number of hydrogen-bond donors (Lipinski definition) is 2. The van der Waals surface area contributed by atoms with Crippen molar-refractivity contribution in [2.45, 2.75) is 52.5 Å². The first-order valence-electron chi connectivity index (χ1n) is 5.14. The van der Waals surface area contributed by atoms with Crippen molar-refractivity contribution in [2.24, 2.45) is 4.99 Å². The van der Waals surface area contributed by atoms with E-state index in [1.807, 2.05) is 27.7 Å². The maximum absolute atomic E-state index is 10.5. The summed E-state index contributed by atoms with van der Waals surface area (Å²) in [5.41, 5.74) is 0.312. The largest absolute Gasteiger partial charge is 0.477 e. The van der Waals surface area contributed by atoms with E-state index in [2.05, 4.69) is 4.99 Å². The number of rotatable bonds is 5. The van der Waals surface area contributed by atoms with Crippen molar-refractivity contribution in [3.05, 3.63) is 0 Å². The number of nitrogens with zero attached hydrogens (tertiary/aromatic N) is 1. The van der Waals surface area contributed by atoms with Gasteiger partial charge in [0.15, 0.2) is 0 Å². The molecular weight excluding hydrogens is 192 g/mol. The molecule has 86 valence electrons. The lowest BCUT2D eigenvalue weighted by Crippen LogP contribution is -2.20. The molecule has 0 amide bonds. The van der Waals surface area contributed by atoms with Crippen molar-refractivity contribution in [2.75, 3.05) is 0 Å². The van der Waals surface area contributed by atoms with E-state index in [4.69, 9.17) is 10.5 Å². The van der Waals surface area contributed by atoms with Crippen LogP contribution in [0.1, 0.15) is 47.0 Å². The van der Waals surface area contributed by atoms with Gasteiger partial charge in [0.2, 0.25) is 0 Å². The summed E-state index contributed by atoms with van der Waals surface area (Å²) in [6.07, 6.45) is 1.83. The average molecular weight is 212 g/mol. The minimum atomic E-state index is -1.16. The molecule has 0 aliphatic rings. The predicted molar refractivity (Wildman–Crippen MR) is 62.1 cm³/mol.